The lowest BCUT2D eigenvalue weighted by atomic mass is 10.1. The van der Waals surface area contributed by atoms with Gasteiger partial charge in [0.1, 0.15) is 11.5 Å². The Morgan fingerprint density at radius 2 is 2.15 bits per heavy atom. The van der Waals surface area contributed by atoms with Crippen molar-refractivity contribution in [1.29, 1.82) is 0 Å². The third-order valence-electron chi connectivity index (χ3n) is 4.42. The Morgan fingerprint density at radius 3 is 2.85 bits per heavy atom. The second kappa shape index (κ2) is 8.23. The number of ether oxygens (including phenoxy) is 2. The molecule has 7 heteroatoms. The number of amides is 2. The normalized spacial score (nSPS) is 16.6. The van der Waals surface area contributed by atoms with Crippen molar-refractivity contribution in [3.8, 4) is 11.5 Å². The van der Waals surface area contributed by atoms with Gasteiger partial charge in [0.25, 0.3) is 0 Å². The molecule has 1 aliphatic heterocycles. The van der Waals surface area contributed by atoms with Crippen LogP contribution in [-0.4, -0.2) is 39.1 Å². The summed E-state index contributed by atoms with van der Waals surface area (Å²) in [6, 6.07) is 9.34. The van der Waals surface area contributed by atoms with Gasteiger partial charge in [-0.1, -0.05) is 6.07 Å². The first-order chi connectivity index (χ1) is 12.6. The van der Waals surface area contributed by atoms with Crippen molar-refractivity contribution >= 4 is 28.8 Å². The molecule has 0 spiro atoms. The highest BCUT2D eigenvalue weighted by molar-refractivity contribution is 7.09. The van der Waals surface area contributed by atoms with E-state index in [0.29, 0.717) is 30.3 Å². The van der Waals surface area contributed by atoms with Gasteiger partial charge in [0.05, 0.1) is 25.8 Å². The second-order valence-electron chi connectivity index (χ2n) is 6.06. The van der Waals surface area contributed by atoms with Gasteiger partial charge < -0.3 is 19.7 Å². The Labute approximate surface area is 156 Å². The molecule has 1 aliphatic rings. The molecule has 0 bridgehead atoms. The highest BCUT2D eigenvalue weighted by Gasteiger charge is 2.36. The molecule has 138 valence electrons. The van der Waals surface area contributed by atoms with E-state index in [1.165, 1.54) is 4.88 Å². The van der Waals surface area contributed by atoms with Gasteiger partial charge in [-0.3, -0.25) is 9.59 Å². The number of rotatable bonds is 7. The van der Waals surface area contributed by atoms with Crippen LogP contribution in [0.1, 0.15) is 11.3 Å². The minimum Gasteiger partial charge on any atom is -0.497 e. The van der Waals surface area contributed by atoms with Crippen molar-refractivity contribution < 1.29 is 19.1 Å². The van der Waals surface area contributed by atoms with E-state index in [2.05, 4.69) is 5.32 Å². The summed E-state index contributed by atoms with van der Waals surface area (Å²) in [6.07, 6.45) is 1.00. The van der Waals surface area contributed by atoms with Gasteiger partial charge in [-0.15, -0.1) is 11.3 Å². The quantitative estimate of drug-likeness (QED) is 0.808. The van der Waals surface area contributed by atoms with Gasteiger partial charge in [0.15, 0.2) is 0 Å². The van der Waals surface area contributed by atoms with Crippen LogP contribution in [-0.2, 0) is 16.0 Å². The van der Waals surface area contributed by atoms with Crippen LogP contribution in [0.15, 0.2) is 35.7 Å². The molecule has 1 fully saturated rings. The van der Waals surface area contributed by atoms with Gasteiger partial charge in [-0.05, 0) is 30.0 Å². The number of anilines is 1. The third-order valence-corrected chi connectivity index (χ3v) is 5.36. The number of carbonyl (C=O) groups excluding carboxylic acids is 2. The van der Waals surface area contributed by atoms with Crippen molar-refractivity contribution in [2.75, 3.05) is 32.2 Å². The average Bonchev–Trinajstić information content (AvgIpc) is 3.30. The Hall–Kier alpha value is -2.54. The summed E-state index contributed by atoms with van der Waals surface area (Å²) in [4.78, 5) is 27.7. The maximum atomic E-state index is 12.5. The zero-order valence-corrected chi connectivity index (χ0v) is 15.7. The Kier molecular flexibility index (Phi) is 5.78. The molecular formula is C19H22N2O4S. The minimum atomic E-state index is -0.359. The molecule has 0 aliphatic carbocycles. The number of thiophene rings is 1. The van der Waals surface area contributed by atoms with Crippen molar-refractivity contribution in [2.45, 2.75) is 12.8 Å². The lowest BCUT2D eigenvalue weighted by molar-refractivity contribution is -0.126. The van der Waals surface area contributed by atoms with E-state index in [9.17, 15) is 9.59 Å². The van der Waals surface area contributed by atoms with Crippen molar-refractivity contribution in [3.63, 3.8) is 0 Å². The van der Waals surface area contributed by atoms with Gasteiger partial charge >= 0.3 is 0 Å². The van der Waals surface area contributed by atoms with Crippen LogP contribution in [0.2, 0.25) is 0 Å². The molecule has 2 heterocycles. The van der Waals surface area contributed by atoms with Gasteiger partial charge in [0.2, 0.25) is 11.8 Å². The van der Waals surface area contributed by atoms with E-state index in [-0.39, 0.29) is 24.2 Å². The fourth-order valence-electron chi connectivity index (χ4n) is 3.03. The summed E-state index contributed by atoms with van der Waals surface area (Å²) in [7, 11) is 3.13. The molecule has 1 aromatic heterocycles. The van der Waals surface area contributed by atoms with Crippen molar-refractivity contribution in [3.05, 3.63) is 40.6 Å². The molecule has 1 saturated heterocycles. The maximum absolute atomic E-state index is 12.5. The fraction of sp³-hybridized carbons (Fsp3) is 0.368. The van der Waals surface area contributed by atoms with Crippen LogP contribution in [0.5, 0.6) is 11.5 Å². The van der Waals surface area contributed by atoms with Crippen molar-refractivity contribution in [1.82, 2.24) is 5.32 Å². The van der Waals surface area contributed by atoms with Crippen LogP contribution in [0, 0.1) is 5.92 Å². The number of nitrogens with zero attached hydrogens (tertiary/aromatic N) is 1. The standard InChI is InChI=1S/C19H22N2O4S/c1-24-14-5-6-17(25-2)16(11-14)21-12-13(10-18(21)22)19(23)20-8-7-15-4-3-9-26-15/h3-6,9,11,13H,7-8,10,12H2,1-2H3,(H,20,23)/t13-/m0/s1. The fourth-order valence-corrected chi connectivity index (χ4v) is 3.74. The molecule has 3 rings (SSSR count). The number of benzene rings is 1. The van der Waals surface area contributed by atoms with Crippen LogP contribution in [0.4, 0.5) is 5.69 Å². The average molecular weight is 374 g/mol. The third kappa shape index (κ3) is 3.99. The summed E-state index contributed by atoms with van der Waals surface area (Å²) in [5, 5.41) is 4.96. The van der Waals surface area contributed by atoms with Crippen molar-refractivity contribution in [2.24, 2.45) is 5.92 Å². The Bertz CT molecular complexity index is 776. The summed E-state index contributed by atoms with van der Waals surface area (Å²) in [5.74, 6) is 0.686. The highest BCUT2D eigenvalue weighted by Crippen LogP contribution is 2.36. The lowest BCUT2D eigenvalue weighted by Crippen LogP contribution is -2.34. The number of carbonyl (C=O) groups is 2. The molecule has 2 aromatic rings. The summed E-state index contributed by atoms with van der Waals surface area (Å²) in [6.45, 7) is 0.916. The zero-order valence-electron chi connectivity index (χ0n) is 14.9. The largest absolute Gasteiger partial charge is 0.497 e. The predicted octanol–water partition coefficient (Wildman–Crippen LogP) is 2.48. The lowest BCUT2D eigenvalue weighted by Gasteiger charge is -2.20. The SMILES string of the molecule is COc1ccc(OC)c(N2C[C@@H](C(=O)NCCc3cccs3)CC2=O)c1. The van der Waals surface area contributed by atoms with E-state index in [1.54, 1.807) is 48.7 Å². The molecule has 2 amide bonds. The van der Waals surface area contributed by atoms with E-state index in [4.69, 9.17) is 9.47 Å². The minimum absolute atomic E-state index is 0.0840. The first-order valence-corrected chi connectivity index (χ1v) is 9.33. The van der Waals surface area contributed by atoms with Crippen LogP contribution in [0.3, 0.4) is 0 Å². The number of hydrogen-bond acceptors (Lipinski definition) is 5. The molecule has 26 heavy (non-hydrogen) atoms. The van der Waals surface area contributed by atoms with E-state index in [1.807, 2.05) is 17.5 Å². The first kappa shape index (κ1) is 18.3. The molecule has 0 unspecified atom stereocenters. The van der Waals surface area contributed by atoms with Gasteiger partial charge in [0, 0.05) is 30.5 Å². The predicted molar refractivity (Wildman–Crippen MR) is 101 cm³/mol. The maximum Gasteiger partial charge on any atom is 0.227 e. The molecule has 1 atom stereocenters. The topological polar surface area (TPSA) is 67.9 Å². The molecular weight excluding hydrogens is 352 g/mol. The molecule has 0 saturated carbocycles. The van der Waals surface area contributed by atoms with E-state index < -0.39 is 0 Å². The number of nitrogens with one attached hydrogen (secondary N) is 1. The summed E-state index contributed by atoms with van der Waals surface area (Å²) < 4.78 is 10.6. The second-order valence-corrected chi connectivity index (χ2v) is 7.10. The van der Waals surface area contributed by atoms with Gasteiger partial charge in [-0.25, -0.2) is 0 Å². The zero-order chi connectivity index (χ0) is 18.5. The highest BCUT2D eigenvalue weighted by atomic mass is 32.1. The van der Waals surface area contributed by atoms with Crippen LogP contribution >= 0.6 is 11.3 Å². The van der Waals surface area contributed by atoms with E-state index in [0.717, 1.165) is 6.42 Å². The van der Waals surface area contributed by atoms with Crippen LogP contribution < -0.4 is 19.7 Å². The molecule has 1 aromatic carbocycles. The smallest absolute Gasteiger partial charge is 0.227 e. The number of hydrogen-bond donors (Lipinski definition) is 1. The summed E-state index contributed by atoms with van der Waals surface area (Å²) >= 11 is 1.67. The first-order valence-electron chi connectivity index (χ1n) is 8.45. The summed E-state index contributed by atoms with van der Waals surface area (Å²) in [5.41, 5.74) is 0.630. The Morgan fingerprint density at radius 1 is 1.31 bits per heavy atom. The van der Waals surface area contributed by atoms with Gasteiger partial charge in [-0.2, -0.15) is 0 Å². The monoisotopic (exact) mass is 374 g/mol. The van der Waals surface area contributed by atoms with Crippen LogP contribution in [0.25, 0.3) is 0 Å². The molecule has 1 N–H and O–H groups in total. The van der Waals surface area contributed by atoms with E-state index >= 15 is 0 Å². The Balaban J connectivity index is 1.63. The number of methoxy groups -OCH3 is 2. The molecule has 0 radical (unpaired) electrons. The molecule has 6 nitrogen and oxygen atoms in total.